The summed E-state index contributed by atoms with van der Waals surface area (Å²) in [5.41, 5.74) is 3.27. The topological polar surface area (TPSA) is 59.9 Å². The van der Waals surface area contributed by atoms with Crippen LogP contribution in [0.25, 0.3) is 20.7 Å². The number of anilines is 2. The third-order valence-electron chi connectivity index (χ3n) is 3.97. The van der Waals surface area contributed by atoms with Crippen LogP contribution in [0.1, 0.15) is 5.56 Å². The molecule has 0 aliphatic heterocycles. The van der Waals surface area contributed by atoms with E-state index in [1.807, 2.05) is 42.7 Å². The molecule has 1 aromatic carbocycles. The van der Waals surface area contributed by atoms with Gasteiger partial charge < -0.3 is 10.1 Å². The van der Waals surface area contributed by atoms with Crippen molar-refractivity contribution in [1.82, 2.24) is 15.0 Å². The molecule has 0 fully saturated rings. The van der Waals surface area contributed by atoms with Crippen molar-refractivity contribution >= 4 is 33.1 Å². The van der Waals surface area contributed by atoms with Crippen LogP contribution in [0, 0.1) is 6.92 Å². The van der Waals surface area contributed by atoms with Crippen LogP contribution in [-0.2, 0) is 0 Å². The van der Waals surface area contributed by atoms with E-state index in [4.69, 9.17) is 4.74 Å². The summed E-state index contributed by atoms with van der Waals surface area (Å²) >= 11 is 1.66. The Labute approximate surface area is 149 Å². The van der Waals surface area contributed by atoms with Crippen LogP contribution < -0.4 is 10.1 Å². The minimum atomic E-state index is 0.796. The lowest BCUT2D eigenvalue weighted by Crippen LogP contribution is -1.94. The molecule has 25 heavy (non-hydrogen) atoms. The van der Waals surface area contributed by atoms with Gasteiger partial charge in [0.15, 0.2) is 0 Å². The molecule has 124 valence electrons. The van der Waals surface area contributed by atoms with Gasteiger partial charge in [0.1, 0.15) is 22.7 Å². The summed E-state index contributed by atoms with van der Waals surface area (Å²) < 4.78 is 5.20. The van der Waals surface area contributed by atoms with E-state index in [1.54, 1.807) is 24.8 Å². The zero-order valence-electron chi connectivity index (χ0n) is 13.9. The van der Waals surface area contributed by atoms with Gasteiger partial charge in [-0.2, -0.15) is 0 Å². The first-order chi connectivity index (χ1) is 12.2. The van der Waals surface area contributed by atoms with E-state index < -0.39 is 0 Å². The van der Waals surface area contributed by atoms with Crippen LogP contribution in [0.5, 0.6) is 5.75 Å². The standard InChI is InChI=1S/C19H16N4OS/c1-12-10-20-8-7-15(12)17-9-16-18(21-11-22-19(16)25-17)23-13-3-5-14(24-2)6-4-13/h3-11H,1-2H3,(H,21,22,23). The van der Waals surface area contributed by atoms with Crippen LogP contribution in [-0.4, -0.2) is 22.1 Å². The molecule has 6 heteroatoms. The Morgan fingerprint density at radius 3 is 2.68 bits per heavy atom. The summed E-state index contributed by atoms with van der Waals surface area (Å²) in [6, 6.07) is 11.9. The molecule has 0 bridgehead atoms. The van der Waals surface area contributed by atoms with Gasteiger partial charge in [0.2, 0.25) is 0 Å². The van der Waals surface area contributed by atoms with Crippen molar-refractivity contribution in [2.45, 2.75) is 6.92 Å². The number of aryl methyl sites for hydroxylation is 1. The van der Waals surface area contributed by atoms with Gasteiger partial charge in [-0.3, -0.25) is 4.98 Å². The van der Waals surface area contributed by atoms with Gasteiger partial charge in [-0.25, -0.2) is 9.97 Å². The van der Waals surface area contributed by atoms with E-state index >= 15 is 0 Å². The van der Waals surface area contributed by atoms with Gasteiger partial charge in [-0.1, -0.05) is 0 Å². The Bertz CT molecular complexity index is 1030. The number of benzene rings is 1. The fourth-order valence-electron chi connectivity index (χ4n) is 2.65. The van der Waals surface area contributed by atoms with Crippen molar-refractivity contribution in [3.8, 4) is 16.2 Å². The van der Waals surface area contributed by atoms with E-state index in [9.17, 15) is 0 Å². The van der Waals surface area contributed by atoms with Crippen LogP contribution in [0.4, 0.5) is 11.5 Å². The molecule has 0 aliphatic carbocycles. The number of ether oxygens (including phenoxy) is 1. The monoisotopic (exact) mass is 348 g/mol. The van der Waals surface area contributed by atoms with E-state index in [1.165, 1.54) is 5.56 Å². The summed E-state index contributed by atoms with van der Waals surface area (Å²) in [4.78, 5) is 15.1. The third-order valence-corrected chi connectivity index (χ3v) is 5.04. The molecule has 3 aromatic heterocycles. The van der Waals surface area contributed by atoms with Crippen molar-refractivity contribution < 1.29 is 4.74 Å². The van der Waals surface area contributed by atoms with E-state index in [-0.39, 0.29) is 0 Å². The fraction of sp³-hybridized carbons (Fsp3) is 0.105. The molecule has 0 amide bonds. The highest BCUT2D eigenvalue weighted by Gasteiger charge is 2.11. The molecular weight excluding hydrogens is 332 g/mol. The number of rotatable bonds is 4. The molecule has 4 rings (SSSR count). The van der Waals surface area contributed by atoms with E-state index in [0.717, 1.165) is 37.9 Å². The molecule has 0 saturated heterocycles. The Balaban J connectivity index is 1.73. The highest BCUT2D eigenvalue weighted by molar-refractivity contribution is 7.21. The first kappa shape index (κ1) is 15.5. The number of hydrogen-bond acceptors (Lipinski definition) is 6. The number of pyridine rings is 1. The molecule has 0 aliphatic rings. The Morgan fingerprint density at radius 2 is 1.92 bits per heavy atom. The number of aromatic nitrogens is 3. The quantitative estimate of drug-likeness (QED) is 0.573. The zero-order valence-corrected chi connectivity index (χ0v) is 14.7. The normalized spacial score (nSPS) is 10.8. The number of thiophene rings is 1. The molecule has 0 unspecified atom stereocenters. The summed E-state index contributed by atoms with van der Waals surface area (Å²) in [6.07, 6.45) is 5.28. The lowest BCUT2D eigenvalue weighted by Gasteiger charge is -2.07. The average molecular weight is 348 g/mol. The lowest BCUT2D eigenvalue weighted by atomic mass is 10.1. The van der Waals surface area contributed by atoms with E-state index in [0.29, 0.717) is 0 Å². The molecule has 3 heterocycles. The largest absolute Gasteiger partial charge is 0.497 e. The molecule has 5 nitrogen and oxygen atoms in total. The summed E-state index contributed by atoms with van der Waals surface area (Å²) in [5, 5.41) is 4.37. The minimum Gasteiger partial charge on any atom is -0.497 e. The number of nitrogens with zero attached hydrogens (tertiary/aromatic N) is 3. The fourth-order valence-corrected chi connectivity index (χ4v) is 3.74. The maximum absolute atomic E-state index is 5.20. The van der Waals surface area contributed by atoms with Crippen molar-refractivity contribution in [2.24, 2.45) is 0 Å². The average Bonchev–Trinajstić information content (AvgIpc) is 3.08. The molecule has 1 N–H and O–H groups in total. The number of nitrogens with one attached hydrogen (secondary N) is 1. The summed E-state index contributed by atoms with van der Waals surface area (Å²) in [7, 11) is 1.66. The number of fused-ring (bicyclic) bond motifs is 1. The second-order valence-electron chi connectivity index (χ2n) is 5.60. The van der Waals surface area contributed by atoms with Gasteiger partial charge in [0.25, 0.3) is 0 Å². The zero-order chi connectivity index (χ0) is 17.2. The highest BCUT2D eigenvalue weighted by atomic mass is 32.1. The van der Waals surface area contributed by atoms with Gasteiger partial charge in [0, 0.05) is 23.0 Å². The second-order valence-corrected chi connectivity index (χ2v) is 6.63. The number of methoxy groups -OCH3 is 1. The highest BCUT2D eigenvalue weighted by Crippen LogP contribution is 2.36. The molecule has 0 saturated carbocycles. The SMILES string of the molecule is COc1ccc(Nc2ncnc3sc(-c4ccncc4C)cc23)cc1. The minimum absolute atomic E-state index is 0.796. The Hall–Kier alpha value is -2.99. The number of hydrogen-bond donors (Lipinski definition) is 1. The molecule has 0 atom stereocenters. The van der Waals surface area contributed by atoms with Crippen molar-refractivity contribution in [3.63, 3.8) is 0 Å². The maximum atomic E-state index is 5.20. The van der Waals surface area contributed by atoms with Crippen LogP contribution in [0.15, 0.2) is 55.1 Å². The van der Waals surface area contributed by atoms with Crippen molar-refractivity contribution in [1.29, 1.82) is 0 Å². The maximum Gasteiger partial charge on any atom is 0.142 e. The Kier molecular flexibility index (Phi) is 4.03. The first-order valence-corrected chi connectivity index (χ1v) is 8.63. The van der Waals surface area contributed by atoms with Crippen LogP contribution in [0.2, 0.25) is 0 Å². The lowest BCUT2D eigenvalue weighted by molar-refractivity contribution is 0.415. The Morgan fingerprint density at radius 1 is 1.08 bits per heavy atom. The third kappa shape index (κ3) is 3.04. The summed E-state index contributed by atoms with van der Waals surface area (Å²) in [5.74, 6) is 1.62. The predicted molar refractivity (Wildman–Crippen MR) is 102 cm³/mol. The molecule has 4 aromatic rings. The van der Waals surface area contributed by atoms with Gasteiger partial charge in [0.05, 0.1) is 12.5 Å². The first-order valence-electron chi connectivity index (χ1n) is 7.81. The predicted octanol–water partition coefficient (Wildman–Crippen LogP) is 4.81. The van der Waals surface area contributed by atoms with Crippen molar-refractivity contribution in [2.75, 3.05) is 12.4 Å². The van der Waals surface area contributed by atoms with Gasteiger partial charge in [-0.05, 0) is 54.4 Å². The molecular formula is C19H16N4OS. The van der Waals surface area contributed by atoms with Crippen molar-refractivity contribution in [3.05, 3.63) is 60.7 Å². The van der Waals surface area contributed by atoms with Gasteiger partial charge >= 0.3 is 0 Å². The van der Waals surface area contributed by atoms with Crippen LogP contribution >= 0.6 is 11.3 Å². The van der Waals surface area contributed by atoms with Gasteiger partial charge in [-0.15, -0.1) is 11.3 Å². The van der Waals surface area contributed by atoms with Crippen LogP contribution in [0.3, 0.4) is 0 Å². The smallest absolute Gasteiger partial charge is 0.142 e. The molecule has 0 spiro atoms. The van der Waals surface area contributed by atoms with E-state index in [2.05, 4.69) is 33.3 Å². The summed E-state index contributed by atoms with van der Waals surface area (Å²) in [6.45, 7) is 2.06. The second kappa shape index (κ2) is 6.49. The molecule has 0 radical (unpaired) electrons.